The maximum absolute atomic E-state index is 10.7. The van der Waals surface area contributed by atoms with Crippen LogP contribution < -0.4 is 0 Å². The number of esters is 2. The van der Waals surface area contributed by atoms with Crippen molar-refractivity contribution in [1.29, 1.82) is 0 Å². The number of hydrogen-bond acceptors (Lipinski definition) is 5. The molecule has 1 fully saturated rings. The van der Waals surface area contributed by atoms with Gasteiger partial charge in [-0.3, -0.25) is 4.79 Å². The van der Waals surface area contributed by atoms with Crippen molar-refractivity contribution in [2.75, 3.05) is 20.3 Å². The highest BCUT2D eigenvalue weighted by atomic mass is 16.5. The number of nitrogens with zero attached hydrogens (tertiary/aromatic N) is 1. The molecule has 0 radical (unpaired) electrons. The summed E-state index contributed by atoms with van der Waals surface area (Å²) in [5, 5.41) is 0. The van der Waals surface area contributed by atoms with Crippen LogP contribution in [0.4, 0.5) is 0 Å². The fourth-order valence-electron chi connectivity index (χ4n) is 1.29. The molecule has 6 nitrogen and oxygen atoms in total. The van der Waals surface area contributed by atoms with Crippen LogP contribution in [-0.4, -0.2) is 43.0 Å². The Morgan fingerprint density at radius 1 is 1.17 bits per heavy atom. The molecule has 0 aromatic heterocycles. The molecule has 1 saturated heterocycles. The molecule has 0 aliphatic carbocycles. The molecule has 24 heavy (non-hydrogen) atoms. The molecule has 1 heterocycles. The van der Waals surface area contributed by atoms with Crippen molar-refractivity contribution >= 4 is 17.8 Å². The highest BCUT2D eigenvalue weighted by Crippen LogP contribution is 2.08. The molecule has 0 spiro atoms. The van der Waals surface area contributed by atoms with Crippen LogP contribution >= 0.6 is 0 Å². The SMILES string of the molecule is C=C(C)C(=O)OC.C=CCOC(=O)C(=C)C.C=CN1CCCC1=O. The topological polar surface area (TPSA) is 72.9 Å². The molecular formula is C18H27NO5. The fraction of sp³-hybridized carbons (Fsp3) is 0.389. The number of ether oxygens (including phenoxy) is 2. The van der Waals surface area contributed by atoms with Gasteiger partial charge in [0, 0.05) is 24.1 Å². The lowest BCUT2D eigenvalue weighted by Gasteiger charge is -2.05. The molecule has 0 aromatic rings. The fourth-order valence-corrected chi connectivity index (χ4v) is 1.29. The maximum Gasteiger partial charge on any atom is 0.333 e. The van der Waals surface area contributed by atoms with Crippen molar-refractivity contribution in [3.63, 3.8) is 0 Å². The average Bonchev–Trinajstić information content (AvgIpc) is 2.97. The Hall–Kier alpha value is -2.63. The summed E-state index contributed by atoms with van der Waals surface area (Å²) in [6.45, 7) is 18.0. The Bertz CT molecular complexity index is 494. The quantitative estimate of drug-likeness (QED) is 0.438. The summed E-state index contributed by atoms with van der Waals surface area (Å²) in [6.07, 6.45) is 4.80. The third kappa shape index (κ3) is 12.0. The van der Waals surface area contributed by atoms with E-state index < -0.39 is 0 Å². The van der Waals surface area contributed by atoms with Crippen molar-refractivity contribution in [2.45, 2.75) is 26.7 Å². The van der Waals surface area contributed by atoms with E-state index in [2.05, 4.69) is 35.8 Å². The van der Waals surface area contributed by atoms with E-state index in [4.69, 9.17) is 0 Å². The minimum atomic E-state index is -0.366. The molecule has 0 atom stereocenters. The van der Waals surface area contributed by atoms with Crippen LogP contribution in [0.1, 0.15) is 26.7 Å². The highest BCUT2D eigenvalue weighted by molar-refractivity contribution is 5.87. The zero-order chi connectivity index (χ0) is 19.1. The first-order valence-electron chi connectivity index (χ1n) is 7.30. The number of rotatable bonds is 5. The average molecular weight is 337 g/mol. The number of hydrogen-bond donors (Lipinski definition) is 0. The molecule has 0 unspecified atom stereocenters. The monoisotopic (exact) mass is 337 g/mol. The van der Waals surface area contributed by atoms with Crippen LogP contribution in [0.25, 0.3) is 0 Å². The van der Waals surface area contributed by atoms with Gasteiger partial charge in [0.25, 0.3) is 0 Å². The zero-order valence-electron chi connectivity index (χ0n) is 14.8. The van der Waals surface area contributed by atoms with Crippen LogP contribution in [-0.2, 0) is 23.9 Å². The van der Waals surface area contributed by atoms with E-state index in [9.17, 15) is 14.4 Å². The van der Waals surface area contributed by atoms with Crippen molar-refractivity contribution in [3.8, 4) is 0 Å². The van der Waals surface area contributed by atoms with Crippen LogP contribution in [0.15, 0.2) is 49.7 Å². The minimum Gasteiger partial charge on any atom is -0.466 e. The number of carbonyl (C=O) groups excluding carboxylic acids is 3. The Morgan fingerprint density at radius 2 is 1.71 bits per heavy atom. The highest BCUT2D eigenvalue weighted by Gasteiger charge is 2.16. The first kappa shape index (κ1) is 23.6. The number of amides is 1. The first-order valence-corrected chi connectivity index (χ1v) is 7.30. The van der Waals surface area contributed by atoms with E-state index >= 15 is 0 Å². The summed E-state index contributed by atoms with van der Waals surface area (Å²) in [5.41, 5.74) is 0.847. The van der Waals surface area contributed by atoms with Gasteiger partial charge in [-0.15, -0.1) is 0 Å². The van der Waals surface area contributed by atoms with E-state index in [0.29, 0.717) is 17.6 Å². The Balaban J connectivity index is 0. The van der Waals surface area contributed by atoms with Gasteiger partial charge in [-0.2, -0.15) is 0 Å². The summed E-state index contributed by atoms with van der Waals surface area (Å²) in [6, 6.07) is 0. The largest absolute Gasteiger partial charge is 0.466 e. The van der Waals surface area contributed by atoms with E-state index in [1.54, 1.807) is 24.9 Å². The second-order valence-electron chi connectivity index (χ2n) is 4.81. The normalized spacial score (nSPS) is 11.8. The second-order valence-corrected chi connectivity index (χ2v) is 4.81. The number of likely N-dealkylation sites (tertiary alicyclic amines) is 1. The standard InChI is InChI=1S/C7H10O2.C6H9NO.C5H8O2/c1-4-5-9-7(8)6(2)3;1-2-7-5-3-4-6(7)8;1-4(2)5(6)7-3/h4H,1-2,5H2,3H3;2H,1,3-5H2;1H2,2-3H3. The summed E-state index contributed by atoms with van der Waals surface area (Å²) in [5.74, 6) is -0.505. The Kier molecular flexibility index (Phi) is 13.8. The number of methoxy groups -OCH3 is 1. The third-order valence-electron chi connectivity index (χ3n) is 2.54. The molecule has 0 aromatic carbocycles. The van der Waals surface area contributed by atoms with Crippen LogP contribution in [0.2, 0.25) is 0 Å². The van der Waals surface area contributed by atoms with Gasteiger partial charge in [0.2, 0.25) is 5.91 Å². The Labute approximate surface area is 144 Å². The van der Waals surface area contributed by atoms with Crippen molar-refractivity contribution in [3.05, 3.63) is 49.7 Å². The molecule has 0 bridgehead atoms. The lowest BCUT2D eigenvalue weighted by atomic mass is 10.4. The zero-order valence-corrected chi connectivity index (χ0v) is 14.8. The van der Waals surface area contributed by atoms with E-state index in [1.807, 2.05) is 0 Å². The van der Waals surface area contributed by atoms with Gasteiger partial charge in [0.1, 0.15) is 6.61 Å². The maximum atomic E-state index is 10.7. The molecule has 1 rings (SSSR count). The van der Waals surface area contributed by atoms with E-state index in [1.165, 1.54) is 13.2 Å². The van der Waals surface area contributed by atoms with Gasteiger partial charge in [0.15, 0.2) is 0 Å². The van der Waals surface area contributed by atoms with Crippen molar-refractivity contribution < 1.29 is 23.9 Å². The molecule has 1 aliphatic rings. The van der Waals surface area contributed by atoms with Gasteiger partial charge in [-0.25, -0.2) is 9.59 Å². The summed E-state index contributed by atoms with van der Waals surface area (Å²) in [4.78, 5) is 33.0. The van der Waals surface area contributed by atoms with E-state index in [0.717, 1.165) is 13.0 Å². The second kappa shape index (κ2) is 14.0. The summed E-state index contributed by atoms with van der Waals surface area (Å²) >= 11 is 0. The van der Waals surface area contributed by atoms with Gasteiger partial charge >= 0.3 is 11.9 Å². The summed E-state index contributed by atoms with van der Waals surface area (Å²) in [7, 11) is 1.33. The molecule has 6 heteroatoms. The molecule has 1 amide bonds. The van der Waals surface area contributed by atoms with Crippen LogP contribution in [0.5, 0.6) is 0 Å². The third-order valence-corrected chi connectivity index (χ3v) is 2.54. The number of carbonyl (C=O) groups is 3. The van der Waals surface area contributed by atoms with Gasteiger partial charge in [-0.05, 0) is 26.5 Å². The minimum absolute atomic E-state index is 0.208. The molecule has 0 N–H and O–H groups in total. The van der Waals surface area contributed by atoms with E-state index in [-0.39, 0.29) is 24.5 Å². The predicted octanol–water partition coefficient (Wildman–Crippen LogP) is 2.78. The molecule has 1 aliphatic heterocycles. The molecule has 0 saturated carbocycles. The van der Waals surface area contributed by atoms with Crippen molar-refractivity contribution in [1.82, 2.24) is 4.90 Å². The van der Waals surface area contributed by atoms with Crippen molar-refractivity contribution in [2.24, 2.45) is 0 Å². The van der Waals surface area contributed by atoms with Gasteiger partial charge in [0.05, 0.1) is 7.11 Å². The summed E-state index contributed by atoms with van der Waals surface area (Å²) < 4.78 is 8.87. The molecular weight excluding hydrogens is 310 g/mol. The van der Waals surface area contributed by atoms with Crippen LogP contribution in [0.3, 0.4) is 0 Å². The van der Waals surface area contributed by atoms with Crippen LogP contribution in [0, 0.1) is 0 Å². The lowest BCUT2D eigenvalue weighted by molar-refractivity contribution is -0.138. The Morgan fingerprint density at radius 3 is 1.92 bits per heavy atom. The lowest BCUT2D eigenvalue weighted by Crippen LogP contribution is -2.16. The van der Waals surface area contributed by atoms with Gasteiger partial charge in [-0.1, -0.05) is 32.4 Å². The first-order chi connectivity index (χ1) is 11.2. The predicted molar refractivity (Wildman–Crippen MR) is 93.9 cm³/mol. The van der Waals surface area contributed by atoms with Gasteiger partial charge < -0.3 is 14.4 Å². The smallest absolute Gasteiger partial charge is 0.333 e. The molecule has 134 valence electrons.